The molecular formula is C10H10BrF3O. The van der Waals surface area contributed by atoms with Crippen LogP contribution in [0, 0.1) is 0 Å². The minimum Gasteiger partial charge on any atom is -0.388 e. The summed E-state index contributed by atoms with van der Waals surface area (Å²) in [6, 6.07) is 3.76. The molecular weight excluding hydrogens is 273 g/mol. The zero-order valence-corrected chi connectivity index (χ0v) is 9.56. The third-order valence-electron chi connectivity index (χ3n) is 2.07. The zero-order chi connectivity index (χ0) is 11.6. The fourth-order valence-electron chi connectivity index (χ4n) is 1.28. The van der Waals surface area contributed by atoms with Gasteiger partial charge in [-0.05, 0) is 24.1 Å². The molecule has 0 saturated carbocycles. The van der Waals surface area contributed by atoms with Gasteiger partial charge in [-0.2, -0.15) is 13.2 Å². The molecule has 0 bridgehead atoms. The second-order valence-corrected chi connectivity index (χ2v) is 4.07. The maximum atomic E-state index is 12.6. The van der Waals surface area contributed by atoms with Crippen LogP contribution in [-0.4, -0.2) is 5.11 Å². The van der Waals surface area contributed by atoms with Crippen LogP contribution in [0.15, 0.2) is 22.7 Å². The van der Waals surface area contributed by atoms with Crippen LogP contribution in [0.1, 0.15) is 30.6 Å². The van der Waals surface area contributed by atoms with Crippen molar-refractivity contribution in [2.24, 2.45) is 0 Å². The molecule has 0 heterocycles. The largest absolute Gasteiger partial charge is 0.416 e. The summed E-state index contributed by atoms with van der Waals surface area (Å²) in [5.41, 5.74) is -0.862. The van der Waals surface area contributed by atoms with Gasteiger partial charge in [-0.15, -0.1) is 0 Å². The number of aliphatic hydroxyl groups is 1. The highest BCUT2D eigenvalue weighted by Crippen LogP contribution is 2.36. The number of aliphatic hydroxyl groups excluding tert-OH is 1. The van der Waals surface area contributed by atoms with Crippen molar-refractivity contribution in [2.75, 3.05) is 0 Å². The van der Waals surface area contributed by atoms with E-state index in [9.17, 15) is 18.3 Å². The summed E-state index contributed by atoms with van der Waals surface area (Å²) in [7, 11) is 0. The van der Waals surface area contributed by atoms with Gasteiger partial charge < -0.3 is 5.11 Å². The highest BCUT2D eigenvalue weighted by atomic mass is 79.9. The van der Waals surface area contributed by atoms with Crippen molar-refractivity contribution >= 4 is 15.9 Å². The summed E-state index contributed by atoms with van der Waals surface area (Å²) in [6.45, 7) is 1.63. The molecule has 1 rings (SSSR count). The maximum Gasteiger partial charge on any atom is 0.416 e. The first kappa shape index (κ1) is 12.5. The molecule has 1 aromatic carbocycles. The third kappa shape index (κ3) is 2.95. The minimum atomic E-state index is -4.44. The zero-order valence-electron chi connectivity index (χ0n) is 7.98. The van der Waals surface area contributed by atoms with Crippen molar-refractivity contribution in [2.45, 2.75) is 25.6 Å². The molecule has 0 amide bonds. The van der Waals surface area contributed by atoms with Crippen molar-refractivity contribution in [3.63, 3.8) is 0 Å². The Balaban J connectivity index is 3.27. The van der Waals surface area contributed by atoms with Crippen LogP contribution in [0.25, 0.3) is 0 Å². The van der Waals surface area contributed by atoms with E-state index in [1.54, 1.807) is 6.92 Å². The number of hydrogen-bond acceptors (Lipinski definition) is 1. The molecule has 0 aliphatic carbocycles. The standard InChI is InChI=1S/C10H10BrF3O/c1-2-9(15)7-4-3-6(11)5-8(7)10(12,13)14/h3-5,9,15H,2H2,1H3/t9-/m0/s1. The molecule has 1 N–H and O–H groups in total. The summed E-state index contributed by atoms with van der Waals surface area (Å²) >= 11 is 2.98. The smallest absolute Gasteiger partial charge is 0.388 e. The second kappa shape index (κ2) is 4.53. The van der Waals surface area contributed by atoms with Gasteiger partial charge in [0.1, 0.15) is 0 Å². The average Bonchev–Trinajstić information content (AvgIpc) is 2.15. The summed E-state index contributed by atoms with van der Waals surface area (Å²) in [4.78, 5) is 0. The van der Waals surface area contributed by atoms with E-state index in [0.29, 0.717) is 4.47 Å². The minimum absolute atomic E-state index is 0.0757. The van der Waals surface area contributed by atoms with Crippen LogP contribution in [0.3, 0.4) is 0 Å². The molecule has 0 aliphatic rings. The lowest BCUT2D eigenvalue weighted by Crippen LogP contribution is -2.11. The molecule has 84 valence electrons. The van der Waals surface area contributed by atoms with E-state index >= 15 is 0 Å². The lowest BCUT2D eigenvalue weighted by Gasteiger charge is -2.16. The molecule has 15 heavy (non-hydrogen) atoms. The van der Waals surface area contributed by atoms with Crippen LogP contribution in [0.5, 0.6) is 0 Å². The average molecular weight is 283 g/mol. The Kier molecular flexibility index (Phi) is 3.78. The molecule has 0 unspecified atom stereocenters. The van der Waals surface area contributed by atoms with Gasteiger partial charge in [-0.25, -0.2) is 0 Å². The summed E-state index contributed by atoms with van der Waals surface area (Å²) < 4.78 is 38.1. The lowest BCUT2D eigenvalue weighted by molar-refractivity contribution is -0.139. The van der Waals surface area contributed by atoms with Gasteiger partial charge in [0.25, 0.3) is 0 Å². The Labute approximate surface area is 94.0 Å². The maximum absolute atomic E-state index is 12.6. The number of benzene rings is 1. The van der Waals surface area contributed by atoms with E-state index in [0.717, 1.165) is 6.07 Å². The fraction of sp³-hybridized carbons (Fsp3) is 0.400. The number of halogens is 4. The van der Waals surface area contributed by atoms with Crippen LogP contribution >= 0.6 is 15.9 Å². The first-order valence-corrected chi connectivity index (χ1v) is 5.20. The molecule has 1 nitrogen and oxygen atoms in total. The van der Waals surface area contributed by atoms with Crippen molar-refractivity contribution in [1.29, 1.82) is 0 Å². The number of alkyl halides is 3. The topological polar surface area (TPSA) is 20.2 Å². The van der Waals surface area contributed by atoms with Gasteiger partial charge in [0.15, 0.2) is 0 Å². The first-order valence-electron chi connectivity index (χ1n) is 4.41. The Bertz CT molecular complexity index is 349. The monoisotopic (exact) mass is 282 g/mol. The second-order valence-electron chi connectivity index (χ2n) is 3.15. The molecule has 5 heteroatoms. The Morgan fingerprint density at radius 1 is 1.40 bits per heavy atom. The van der Waals surface area contributed by atoms with Crippen molar-refractivity contribution < 1.29 is 18.3 Å². The molecule has 0 spiro atoms. The van der Waals surface area contributed by atoms with Gasteiger partial charge in [0.05, 0.1) is 11.7 Å². The van der Waals surface area contributed by atoms with E-state index in [1.165, 1.54) is 12.1 Å². The van der Waals surface area contributed by atoms with Crippen LogP contribution in [0.2, 0.25) is 0 Å². The summed E-state index contributed by atoms with van der Waals surface area (Å²) in [6.07, 6.45) is -5.25. The molecule has 0 aromatic heterocycles. The first-order chi connectivity index (χ1) is 6.86. The van der Waals surface area contributed by atoms with Crippen molar-refractivity contribution in [3.8, 4) is 0 Å². The fourth-order valence-corrected chi connectivity index (χ4v) is 1.65. The van der Waals surface area contributed by atoms with Crippen LogP contribution in [-0.2, 0) is 6.18 Å². The molecule has 0 fully saturated rings. The van der Waals surface area contributed by atoms with E-state index < -0.39 is 17.8 Å². The van der Waals surface area contributed by atoms with E-state index in [-0.39, 0.29) is 12.0 Å². The molecule has 0 radical (unpaired) electrons. The van der Waals surface area contributed by atoms with Gasteiger partial charge in [0.2, 0.25) is 0 Å². The summed E-state index contributed by atoms with van der Waals surface area (Å²) in [5.74, 6) is 0. The van der Waals surface area contributed by atoms with E-state index in [4.69, 9.17) is 0 Å². The van der Waals surface area contributed by atoms with Gasteiger partial charge in [-0.1, -0.05) is 28.9 Å². The highest BCUT2D eigenvalue weighted by Gasteiger charge is 2.34. The van der Waals surface area contributed by atoms with Crippen molar-refractivity contribution in [3.05, 3.63) is 33.8 Å². The molecule has 0 saturated heterocycles. The van der Waals surface area contributed by atoms with Crippen LogP contribution in [0.4, 0.5) is 13.2 Å². The number of hydrogen-bond donors (Lipinski definition) is 1. The lowest BCUT2D eigenvalue weighted by atomic mass is 10.0. The normalized spacial score (nSPS) is 14.0. The molecule has 1 aromatic rings. The number of rotatable bonds is 2. The van der Waals surface area contributed by atoms with Gasteiger partial charge in [0, 0.05) is 4.47 Å². The SMILES string of the molecule is CC[C@H](O)c1ccc(Br)cc1C(F)(F)F. The van der Waals surface area contributed by atoms with Gasteiger partial charge in [-0.3, -0.25) is 0 Å². The predicted octanol–water partition coefficient (Wildman–Crippen LogP) is 3.91. The Morgan fingerprint density at radius 3 is 2.47 bits per heavy atom. The van der Waals surface area contributed by atoms with Crippen molar-refractivity contribution in [1.82, 2.24) is 0 Å². The molecule has 1 atom stereocenters. The van der Waals surface area contributed by atoms with E-state index in [2.05, 4.69) is 15.9 Å². The van der Waals surface area contributed by atoms with Gasteiger partial charge >= 0.3 is 6.18 Å². The Morgan fingerprint density at radius 2 is 2.00 bits per heavy atom. The van der Waals surface area contributed by atoms with Crippen LogP contribution < -0.4 is 0 Å². The summed E-state index contributed by atoms with van der Waals surface area (Å²) in [5, 5.41) is 9.45. The highest BCUT2D eigenvalue weighted by molar-refractivity contribution is 9.10. The predicted molar refractivity (Wildman–Crippen MR) is 54.4 cm³/mol. The molecule has 0 aliphatic heterocycles. The quantitative estimate of drug-likeness (QED) is 0.872. The third-order valence-corrected chi connectivity index (χ3v) is 2.56. The van der Waals surface area contributed by atoms with E-state index in [1.807, 2.05) is 0 Å². The Hall–Kier alpha value is -0.550.